The molecule has 0 saturated heterocycles. The van der Waals surface area contributed by atoms with Crippen molar-refractivity contribution in [1.82, 2.24) is 9.61 Å². The Morgan fingerprint density at radius 2 is 1.92 bits per heavy atom. The summed E-state index contributed by atoms with van der Waals surface area (Å²) in [6, 6.07) is 16.0. The minimum absolute atomic E-state index is 0.342. The molecule has 4 heteroatoms. The summed E-state index contributed by atoms with van der Waals surface area (Å²) in [5.41, 5.74) is 3.98. The topological polar surface area (TPSA) is 43.6 Å². The van der Waals surface area contributed by atoms with Crippen molar-refractivity contribution in [2.24, 2.45) is 0 Å². The molecule has 0 aliphatic heterocycles. The van der Waals surface area contributed by atoms with Crippen LogP contribution in [0.2, 0.25) is 0 Å². The number of aromatic nitrogens is 2. The highest BCUT2D eigenvalue weighted by Crippen LogP contribution is 2.27. The van der Waals surface area contributed by atoms with Crippen molar-refractivity contribution in [3.8, 4) is 11.3 Å². The number of ether oxygens (including phenoxy) is 1. The fourth-order valence-electron chi connectivity index (χ4n) is 2.47. The molecule has 1 aromatic carbocycles. The first-order valence-electron chi connectivity index (χ1n) is 7.84. The first kappa shape index (κ1) is 15.7. The number of hydrogen-bond donors (Lipinski definition) is 0. The highest BCUT2D eigenvalue weighted by molar-refractivity contribution is 5.84. The summed E-state index contributed by atoms with van der Waals surface area (Å²) in [4.78, 5) is 11.3. The van der Waals surface area contributed by atoms with E-state index in [4.69, 9.17) is 4.74 Å². The smallest absolute Gasteiger partial charge is 0.330 e. The molecule has 120 valence electrons. The molecule has 0 N–H and O–H groups in total. The van der Waals surface area contributed by atoms with Gasteiger partial charge in [-0.05, 0) is 19.1 Å². The molecule has 4 nitrogen and oxygen atoms in total. The summed E-state index contributed by atoms with van der Waals surface area (Å²) in [6.45, 7) is 2.16. The molecule has 24 heavy (non-hydrogen) atoms. The Balaban J connectivity index is 1.98. The summed E-state index contributed by atoms with van der Waals surface area (Å²) in [7, 11) is 0. The predicted molar refractivity (Wildman–Crippen MR) is 95.4 cm³/mol. The van der Waals surface area contributed by atoms with E-state index in [-0.39, 0.29) is 5.97 Å². The Morgan fingerprint density at radius 3 is 2.71 bits per heavy atom. The lowest BCUT2D eigenvalue weighted by atomic mass is 10.1. The third-order valence-corrected chi connectivity index (χ3v) is 3.52. The number of carbonyl (C=O) groups is 1. The van der Waals surface area contributed by atoms with Crippen molar-refractivity contribution in [2.75, 3.05) is 6.61 Å². The molecule has 0 atom stereocenters. The molecule has 0 amide bonds. The van der Waals surface area contributed by atoms with Crippen LogP contribution in [-0.2, 0) is 9.53 Å². The van der Waals surface area contributed by atoms with E-state index in [1.807, 2.05) is 71.4 Å². The molecule has 2 aromatic heterocycles. The van der Waals surface area contributed by atoms with Crippen molar-refractivity contribution in [2.45, 2.75) is 6.92 Å². The first-order valence-corrected chi connectivity index (χ1v) is 7.84. The monoisotopic (exact) mass is 318 g/mol. The fraction of sp³-hybridized carbons (Fsp3) is 0.100. The Hall–Kier alpha value is -3.14. The van der Waals surface area contributed by atoms with Gasteiger partial charge in [0.25, 0.3) is 0 Å². The van der Waals surface area contributed by atoms with Crippen molar-refractivity contribution >= 4 is 17.6 Å². The van der Waals surface area contributed by atoms with Gasteiger partial charge in [0.1, 0.15) is 5.69 Å². The third kappa shape index (κ3) is 3.43. The van der Waals surface area contributed by atoms with Crippen LogP contribution in [0.5, 0.6) is 0 Å². The molecule has 2 heterocycles. The minimum atomic E-state index is -0.342. The van der Waals surface area contributed by atoms with Gasteiger partial charge in [-0.2, -0.15) is 5.10 Å². The molecule has 0 radical (unpaired) electrons. The standard InChI is InChI=1S/C20H18N2O2/c1-2-24-19(23)14-7-6-12-17-18-13-8-9-15-22(18)21-20(17)16-10-4-3-5-11-16/h3-15H,2H2,1H3/b12-6+,14-7+. The highest BCUT2D eigenvalue weighted by atomic mass is 16.5. The maximum Gasteiger partial charge on any atom is 0.330 e. The van der Waals surface area contributed by atoms with Gasteiger partial charge in [-0.3, -0.25) is 0 Å². The van der Waals surface area contributed by atoms with Crippen LogP contribution in [0.3, 0.4) is 0 Å². The van der Waals surface area contributed by atoms with E-state index < -0.39 is 0 Å². The fourth-order valence-corrected chi connectivity index (χ4v) is 2.47. The first-order chi connectivity index (χ1) is 11.8. The van der Waals surface area contributed by atoms with Crippen LogP contribution in [0, 0.1) is 0 Å². The third-order valence-electron chi connectivity index (χ3n) is 3.52. The Morgan fingerprint density at radius 1 is 1.12 bits per heavy atom. The molecule has 0 bridgehead atoms. The van der Waals surface area contributed by atoms with Crippen LogP contribution in [-0.4, -0.2) is 22.2 Å². The number of allylic oxidation sites excluding steroid dienone is 2. The van der Waals surface area contributed by atoms with Crippen molar-refractivity contribution in [3.05, 3.63) is 78.5 Å². The van der Waals surface area contributed by atoms with Crippen molar-refractivity contribution < 1.29 is 9.53 Å². The molecule has 3 aromatic rings. The molecule has 0 aliphatic carbocycles. The second-order valence-electron chi connectivity index (χ2n) is 5.13. The Labute approximate surface area is 140 Å². The van der Waals surface area contributed by atoms with E-state index >= 15 is 0 Å². The maximum atomic E-state index is 11.3. The molecule has 0 aliphatic rings. The number of carbonyl (C=O) groups excluding carboxylic acids is 1. The van der Waals surface area contributed by atoms with E-state index in [1.54, 1.807) is 13.0 Å². The zero-order chi connectivity index (χ0) is 16.8. The average molecular weight is 318 g/mol. The summed E-state index contributed by atoms with van der Waals surface area (Å²) in [5.74, 6) is -0.342. The van der Waals surface area contributed by atoms with Gasteiger partial charge in [-0.1, -0.05) is 54.6 Å². The SMILES string of the molecule is CCOC(=O)/C=C/C=C/c1c(-c2ccccc2)nn2ccccc12. The van der Waals surface area contributed by atoms with Crippen LogP contribution in [0.15, 0.2) is 73.0 Å². The number of hydrogen-bond acceptors (Lipinski definition) is 3. The Kier molecular flexibility index (Phi) is 4.87. The number of pyridine rings is 1. The summed E-state index contributed by atoms with van der Waals surface area (Å²) in [5, 5.41) is 4.68. The molecule has 0 unspecified atom stereocenters. The van der Waals surface area contributed by atoms with Gasteiger partial charge < -0.3 is 4.74 Å². The van der Waals surface area contributed by atoms with Gasteiger partial charge in [0.05, 0.1) is 12.1 Å². The van der Waals surface area contributed by atoms with Crippen molar-refractivity contribution in [3.63, 3.8) is 0 Å². The number of rotatable bonds is 5. The van der Waals surface area contributed by atoms with Crippen molar-refractivity contribution in [1.29, 1.82) is 0 Å². The van der Waals surface area contributed by atoms with Gasteiger partial charge >= 0.3 is 5.97 Å². The maximum absolute atomic E-state index is 11.3. The zero-order valence-electron chi connectivity index (χ0n) is 13.4. The zero-order valence-corrected chi connectivity index (χ0v) is 13.4. The molecular weight excluding hydrogens is 300 g/mol. The normalized spacial score (nSPS) is 11.5. The van der Waals surface area contributed by atoms with E-state index in [2.05, 4.69) is 5.10 Å². The summed E-state index contributed by atoms with van der Waals surface area (Å²) < 4.78 is 6.72. The minimum Gasteiger partial charge on any atom is -0.463 e. The summed E-state index contributed by atoms with van der Waals surface area (Å²) >= 11 is 0. The van der Waals surface area contributed by atoms with Crippen LogP contribution in [0.25, 0.3) is 22.9 Å². The van der Waals surface area contributed by atoms with Crippen LogP contribution in [0.1, 0.15) is 12.5 Å². The number of esters is 1. The lowest BCUT2D eigenvalue weighted by Crippen LogP contribution is -1.98. The average Bonchev–Trinajstić information content (AvgIpc) is 2.98. The second kappa shape index (κ2) is 7.42. The second-order valence-corrected chi connectivity index (χ2v) is 5.13. The molecule has 0 saturated carbocycles. The largest absolute Gasteiger partial charge is 0.463 e. The van der Waals surface area contributed by atoms with Gasteiger partial charge in [0, 0.05) is 23.4 Å². The van der Waals surface area contributed by atoms with Gasteiger partial charge in [0.2, 0.25) is 0 Å². The lowest BCUT2D eigenvalue weighted by Gasteiger charge is -1.98. The van der Waals surface area contributed by atoms with Gasteiger partial charge in [-0.25, -0.2) is 9.31 Å². The quantitative estimate of drug-likeness (QED) is 0.403. The highest BCUT2D eigenvalue weighted by Gasteiger charge is 2.11. The molecule has 3 rings (SSSR count). The van der Waals surface area contributed by atoms with E-state index in [9.17, 15) is 4.79 Å². The number of fused-ring (bicyclic) bond motifs is 1. The van der Waals surface area contributed by atoms with Crippen LogP contribution in [0.4, 0.5) is 0 Å². The van der Waals surface area contributed by atoms with E-state index in [0.717, 1.165) is 22.3 Å². The number of nitrogens with zero attached hydrogens (tertiary/aromatic N) is 2. The Bertz CT molecular complexity index is 892. The molecule has 0 spiro atoms. The number of benzene rings is 1. The summed E-state index contributed by atoms with van der Waals surface area (Å²) in [6.07, 6.45) is 8.80. The van der Waals surface area contributed by atoms with Gasteiger partial charge in [-0.15, -0.1) is 0 Å². The van der Waals surface area contributed by atoms with E-state index in [1.165, 1.54) is 6.08 Å². The van der Waals surface area contributed by atoms with Crippen LogP contribution >= 0.6 is 0 Å². The lowest BCUT2D eigenvalue weighted by molar-refractivity contribution is -0.137. The molecular formula is C20H18N2O2. The molecule has 0 fully saturated rings. The predicted octanol–water partition coefficient (Wildman–Crippen LogP) is 4.13. The van der Waals surface area contributed by atoms with Crippen LogP contribution < -0.4 is 0 Å². The van der Waals surface area contributed by atoms with Gasteiger partial charge in [0.15, 0.2) is 0 Å². The van der Waals surface area contributed by atoms with E-state index in [0.29, 0.717) is 6.61 Å².